The topological polar surface area (TPSA) is 60.0 Å². The average Bonchev–Trinajstić information content (AvgIpc) is 2.74. The maximum Gasteiger partial charge on any atom is 0.343 e. The summed E-state index contributed by atoms with van der Waals surface area (Å²) >= 11 is 0. The minimum Gasteiger partial charge on any atom is -0.338 e. The number of likely N-dealkylation sites (tertiary alicyclic amines) is 1. The number of rotatable bonds is 4. The Morgan fingerprint density at radius 1 is 1.11 bits per heavy atom. The molecule has 0 aromatic carbocycles. The lowest BCUT2D eigenvalue weighted by Gasteiger charge is -2.46. The molecule has 1 aliphatic carbocycles. The Hall–Kier alpha value is -2.31. The first-order valence-corrected chi connectivity index (χ1v) is 10.8. The maximum absolute atomic E-state index is 13.3. The van der Waals surface area contributed by atoms with Gasteiger partial charge in [-0.3, -0.25) is 14.7 Å². The molecule has 2 fully saturated rings. The van der Waals surface area contributed by atoms with Gasteiger partial charge in [0.05, 0.1) is 5.69 Å². The van der Waals surface area contributed by atoms with Crippen LogP contribution < -0.4 is 9.91 Å². The molecule has 2 atom stereocenters. The van der Waals surface area contributed by atoms with Gasteiger partial charge in [-0.1, -0.05) is 12.8 Å². The van der Waals surface area contributed by atoms with Gasteiger partial charge in [0.2, 0.25) is 5.91 Å². The van der Waals surface area contributed by atoms with Crippen molar-refractivity contribution in [2.45, 2.75) is 58.4 Å². The molecular formula is C21H31N5O2. The number of aromatic nitrogens is 1. The number of hydrogen-bond acceptors (Lipinski definition) is 4. The van der Waals surface area contributed by atoms with Crippen molar-refractivity contribution < 1.29 is 9.59 Å². The zero-order chi connectivity index (χ0) is 19.7. The third kappa shape index (κ3) is 3.20. The second-order valence-corrected chi connectivity index (χ2v) is 7.99. The second kappa shape index (κ2) is 7.97. The highest BCUT2D eigenvalue weighted by molar-refractivity contribution is 6.03. The summed E-state index contributed by atoms with van der Waals surface area (Å²) < 4.78 is 0. The van der Waals surface area contributed by atoms with E-state index in [1.165, 1.54) is 25.7 Å². The van der Waals surface area contributed by atoms with E-state index in [2.05, 4.69) is 9.88 Å². The van der Waals surface area contributed by atoms with Crippen LogP contribution in [-0.2, 0) is 4.79 Å². The molecule has 3 amide bonds. The van der Waals surface area contributed by atoms with Crippen molar-refractivity contribution in [1.29, 1.82) is 0 Å². The summed E-state index contributed by atoms with van der Waals surface area (Å²) in [4.78, 5) is 34.7. The summed E-state index contributed by atoms with van der Waals surface area (Å²) in [7, 11) is 0. The molecule has 2 aliphatic heterocycles. The summed E-state index contributed by atoms with van der Waals surface area (Å²) in [6.45, 7) is 6.07. The van der Waals surface area contributed by atoms with Gasteiger partial charge in [0.1, 0.15) is 6.54 Å². The van der Waals surface area contributed by atoms with Crippen molar-refractivity contribution in [3.8, 4) is 0 Å². The van der Waals surface area contributed by atoms with Crippen LogP contribution in [0.25, 0.3) is 0 Å². The molecule has 152 valence electrons. The van der Waals surface area contributed by atoms with Gasteiger partial charge in [0.25, 0.3) is 0 Å². The van der Waals surface area contributed by atoms with Crippen LogP contribution >= 0.6 is 0 Å². The number of anilines is 2. The van der Waals surface area contributed by atoms with Crippen molar-refractivity contribution >= 4 is 23.4 Å². The molecule has 0 bridgehead atoms. The van der Waals surface area contributed by atoms with Crippen LogP contribution in [0.1, 0.15) is 52.4 Å². The Morgan fingerprint density at radius 2 is 1.86 bits per heavy atom. The molecule has 1 aromatic rings. The first-order chi connectivity index (χ1) is 13.7. The number of hydrogen-bond donors (Lipinski definition) is 0. The third-order valence-corrected chi connectivity index (χ3v) is 6.50. The van der Waals surface area contributed by atoms with E-state index in [1.54, 1.807) is 16.1 Å². The number of pyridine rings is 1. The molecule has 4 rings (SSSR count). The zero-order valence-corrected chi connectivity index (χ0v) is 17.0. The van der Waals surface area contributed by atoms with Crippen LogP contribution in [-0.4, -0.2) is 59.1 Å². The predicted molar refractivity (Wildman–Crippen MR) is 109 cm³/mol. The molecule has 0 unspecified atom stereocenters. The monoisotopic (exact) mass is 385 g/mol. The maximum atomic E-state index is 13.3. The molecule has 7 heteroatoms. The number of urea groups is 1. The number of hydrazine groups is 1. The van der Waals surface area contributed by atoms with Crippen molar-refractivity contribution in [2.24, 2.45) is 5.92 Å². The van der Waals surface area contributed by atoms with Crippen molar-refractivity contribution in [3.63, 3.8) is 0 Å². The summed E-state index contributed by atoms with van der Waals surface area (Å²) in [5, 5.41) is 3.58. The zero-order valence-electron chi connectivity index (χ0n) is 17.0. The molecule has 0 radical (unpaired) electrons. The van der Waals surface area contributed by atoms with E-state index in [1.807, 2.05) is 31.0 Å². The van der Waals surface area contributed by atoms with Crippen molar-refractivity contribution in [1.82, 2.24) is 14.9 Å². The van der Waals surface area contributed by atoms with Crippen LogP contribution in [0.15, 0.2) is 18.3 Å². The molecule has 7 nitrogen and oxygen atoms in total. The van der Waals surface area contributed by atoms with Gasteiger partial charge in [0.15, 0.2) is 5.82 Å². The SMILES string of the molecule is CCN1C(=O)N(CC(=O)N2CCC[C@H]3CCCC[C@H]32)c2cccnc2N1CC. The van der Waals surface area contributed by atoms with Gasteiger partial charge in [0, 0.05) is 31.9 Å². The van der Waals surface area contributed by atoms with Gasteiger partial charge >= 0.3 is 6.03 Å². The van der Waals surface area contributed by atoms with Crippen molar-refractivity contribution in [2.75, 3.05) is 36.1 Å². The first kappa shape index (κ1) is 19.0. The summed E-state index contributed by atoms with van der Waals surface area (Å²) in [6.07, 6.45) is 8.87. The summed E-state index contributed by atoms with van der Waals surface area (Å²) in [6, 6.07) is 3.94. The van der Waals surface area contributed by atoms with Crippen molar-refractivity contribution in [3.05, 3.63) is 18.3 Å². The quantitative estimate of drug-likeness (QED) is 0.798. The number of piperidine rings is 1. The van der Waals surface area contributed by atoms with Crippen LogP contribution in [0.2, 0.25) is 0 Å². The molecule has 3 aliphatic rings. The van der Waals surface area contributed by atoms with Crippen LogP contribution in [0.5, 0.6) is 0 Å². The van der Waals surface area contributed by atoms with Gasteiger partial charge in [-0.05, 0) is 57.6 Å². The lowest BCUT2D eigenvalue weighted by atomic mass is 9.78. The number of amides is 3. The first-order valence-electron chi connectivity index (χ1n) is 10.8. The Kier molecular flexibility index (Phi) is 5.42. The molecule has 1 aromatic heterocycles. The molecule has 28 heavy (non-hydrogen) atoms. The van der Waals surface area contributed by atoms with E-state index in [0.29, 0.717) is 25.0 Å². The largest absolute Gasteiger partial charge is 0.343 e. The van der Waals surface area contributed by atoms with E-state index in [4.69, 9.17) is 0 Å². The Labute approximate surface area is 167 Å². The molecule has 0 spiro atoms. The highest BCUT2D eigenvalue weighted by atomic mass is 16.2. The Bertz CT molecular complexity index is 737. The minimum atomic E-state index is -0.143. The van der Waals surface area contributed by atoms with E-state index >= 15 is 0 Å². The number of fused-ring (bicyclic) bond motifs is 2. The fraction of sp³-hybridized carbons (Fsp3) is 0.667. The summed E-state index contributed by atoms with van der Waals surface area (Å²) in [5.74, 6) is 1.45. The van der Waals surface area contributed by atoms with Gasteiger partial charge < -0.3 is 4.90 Å². The molecular weight excluding hydrogens is 354 g/mol. The van der Waals surface area contributed by atoms with E-state index in [9.17, 15) is 9.59 Å². The number of carbonyl (C=O) groups is 2. The van der Waals surface area contributed by atoms with E-state index in [-0.39, 0.29) is 18.5 Å². The lowest BCUT2D eigenvalue weighted by Crippen LogP contribution is -2.60. The number of carbonyl (C=O) groups excluding carboxylic acids is 2. The Balaban J connectivity index is 1.59. The lowest BCUT2D eigenvalue weighted by molar-refractivity contribution is -0.135. The average molecular weight is 386 g/mol. The minimum absolute atomic E-state index is 0.0701. The summed E-state index contributed by atoms with van der Waals surface area (Å²) in [5.41, 5.74) is 0.726. The molecule has 1 saturated carbocycles. The Morgan fingerprint density at radius 3 is 2.64 bits per heavy atom. The van der Waals surface area contributed by atoms with Gasteiger partial charge in [-0.2, -0.15) is 0 Å². The van der Waals surface area contributed by atoms with E-state index < -0.39 is 0 Å². The molecule has 1 saturated heterocycles. The number of nitrogens with zero attached hydrogens (tertiary/aromatic N) is 5. The molecule has 3 heterocycles. The van der Waals surface area contributed by atoms with Crippen LogP contribution in [0, 0.1) is 5.92 Å². The highest BCUT2D eigenvalue weighted by Crippen LogP contribution is 2.37. The fourth-order valence-corrected chi connectivity index (χ4v) is 5.20. The van der Waals surface area contributed by atoms with Crippen LogP contribution in [0.4, 0.5) is 16.3 Å². The van der Waals surface area contributed by atoms with Gasteiger partial charge in [-0.15, -0.1) is 0 Å². The fourth-order valence-electron chi connectivity index (χ4n) is 5.20. The standard InChI is InChI=1S/C21H31N5O2/c1-3-25-20-18(12-7-13-22-20)24(21(28)26(25)4-2)15-19(27)23-14-8-10-16-9-5-6-11-17(16)23/h7,12-13,16-17H,3-6,8-11,14-15H2,1-2H3/t16-,17-/m1/s1. The molecule has 0 N–H and O–H groups in total. The highest BCUT2D eigenvalue weighted by Gasteiger charge is 2.40. The third-order valence-electron chi connectivity index (χ3n) is 6.50. The smallest absolute Gasteiger partial charge is 0.338 e. The van der Waals surface area contributed by atoms with Crippen LogP contribution in [0.3, 0.4) is 0 Å². The van der Waals surface area contributed by atoms with Gasteiger partial charge in [-0.25, -0.2) is 14.8 Å². The second-order valence-electron chi connectivity index (χ2n) is 7.99. The normalized spacial score (nSPS) is 24.9. The predicted octanol–water partition coefficient (Wildman–Crippen LogP) is 3.27. The van der Waals surface area contributed by atoms with E-state index in [0.717, 1.165) is 30.9 Å².